The number of hydrogen-bond donors (Lipinski definition) is 0. The van der Waals surface area contributed by atoms with E-state index in [1.54, 1.807) is 6.92 Å². The van der Waals surface area contributed by atoms with Gasteiger partial charge in [0.15, 0.2) is 6.10 Å². The Morgan fingerprint density at radius 2 is 1.34 bits per heavy atom. The summed E-state index contributed by atoms with van der Waals surface area (Å²) in [6, 6.07) is 16.9. The summed E-state index contributed by atoms with van der Waals surface area (Å²) >= 11 is 0. The Hall–Kier alpha value is -3.56. The lowest BCUT2D eigenvalue weighted by Crippen LogP contribution is -2.30. The first-order valence-corrected chi connectivity index (χ1v) is 14.2. The second-order valence-electron chi connectivity index (χ2n) is 9.32. The second kappa shape index (κ2) is 21.2. The SMILES string of the molecule is C=C(C)C(=O)OCCCC(=O)OC(COCCCCOCCOc1ccc(OCCC)cc1)COc1ccccc1. The van der Waals surface area contributed by atoms with Gasteiger partial charge in [-0.15, -0.1) is 0 Å². The molecule has 0 N–H and O–H groups in total. The van der Waals surface area contributed by atoms with Crippen molar-refractivity contribution in [1.29, 1.82) is 0 Å². The summed E-state index contributed by atoms with van der Waals surface area (Å²) in [6.45, 7) is 10.4. The van der Waals surface area contributed by atoms with Gasteiger partial charge >= 0.3 is 11.9 Å². The van der Waals surface area contributed by atoms with E-state index in [0.717, 1.165) is 30.8 Å². The summed E-state index contributed by atoms with van der Waals surface area (Å²) in [5, 5.41) is 0. The second-order valence-corrected chi connectivity index (χ2v) is 9.32. The smallest absolute Gasteiger partial charge is 0.333 e. The highest BCUT2D eigenvalue weighted by molar-refractivity contribution is 5.86. The molecule has 0 aromatic heterocycles. The van der Waals surface area contributed by atoms with Gasteiger partial charge in [-0.3, -0.25) is 4.79 Å². The van der Waals surface area contributed by atoms with Crippen LogP contribution in [0, 0.1) is 0 Å². The number of unbranched alkanes of at least 4 members (excludes halogenated alkanes) is 1. The molecular weight excluding hydrogens is 528 g/mol. The lowest BCUT2D eigenvalue weighted by Gasteiger charge is -2.19. The van der Waals surface area contributed by atoms with Crippen molar-refractivity contribution in [1.82, 2.24) is 0 Å². The molecule has 0 aliphatic carbocycles. The first-order chi connectivity index (χ1) is 20.0. The maximum atomic E-state index is 12.3. The van der Waals surface area contributed by atoms with Crippen molar-refractivity contribution in [2.24, 2.45) is 0 Å². The zero-order chi connectivity index (χ0) is 29.5. The molecule has 0 bridgehead atoms. The molecule has 9 nitrogen and oxygen atoms in total. The van der Waals surface area contributed by atoms with Gasteiger partial charge in [-0.25, -0.2) is 4.79 Å². The number of esters is 2. The maximum absolute atomic E-state index is 12.3. The van der Waals surface area contributed by atoms with Crippen molar-refractivity contribution >= 4 is 11.9 Å². The fourth-order valence-corrected chi connectivity index (χ4v) is 3.37. The van der Waals surface area contributed by atoms with Gasteiger partial charge in [0.05, 0.1) is 26.4 Å². The van der Waals surface area contributed by atoms with Crippen molar-refractivity contribution in [2.75, 3.05) is 52.9 Å². The molecule has 0 fully saturated rings. The summed E-state index contributed by atoms with van der Waals surface area (Å²) in [4.78, 5) is 23.8. The normalized spacial score (nSPS) is 11.4. The van der Waals surface area contributed by atoms with Crippen LogP contribution in [0.4, 0.5) is 0 Å². The van der Waals surface area contributed by atoms with E-state index in [1.165, 1.54) is 0 Å². The summed E-state index contributed by atoms with van der Waals surface area (Å²) in [5.74, 6) is 1.42. The molecule has 226 valence electrons. The number of hydrogen-bond acceptors (Lipinski definition) is 9. The monoisotopic (exact) mass is 572 g/mol. The van der Waals surface area contributed by atoms with Crippen LogP contribution in [0.5, 0.6) is 17.2 Å². The molecule has 41 heavy (non-hydrogen) atoms. The molecule has 2 aromatic carbocycles. The third kappa shape index (κ3) is 16.3. The molecule has 2 rings (SSSR count). The van der Waals surface area contributed by atoms with Crippen LogP contribution in [0.3, 0.4) is 0 Å². The first-order valence-electron chi connectivity index (χ1n) is 14.2. The van der Waals surface area contributed by atoms with Gasteiger partial charge in [-0.1, -0.05) is 31.7 Å². The number of ether oxygens (including phenoxy) is 7. The van der Waals surface area contributed by atoms with E-state index >= 15 is 0 Å². The first kappa shape index (κ1) is 33.6. The van der Waals surface area contributed by atoms with E-state index in [9.17, 15) is 9.59 Å². The van der Waals surface area contributed by atoms with Gasteiger partial charge in [0.25, 0.3) is 0 Å². The van der Waals surface area contributed by atoms with Crippen LogP contribution in [0.1, 0.15) is 46.0 Å². The molecule has 9 heteroatoms. The van der Waals surface area contributed by atoms with Gasteiger partial charge in [-0.2, -0.15) is 0 Å². The fourth-order valence-electron chi connectivity index (χ4n) is 3.37. The van der Waals surface area contributed by atoms with Crippen LogP contribution in [0.15, 0.2) is 66.7 Å². The zero-order valence-corrected chi connectivity index (χ0v) is 24.3. The highest BCUT2D eigenvalue weighted by atomic mass is 16.6. The van der Waals surface area contributed by atoms with E-state index in [-0.39, 0.29) is 26.2 Å². The molecule has 1 atom stereocenters. The molecule has 0 radical (unpaired) electrons. The Morgan fingerprint density at radius 3 is 2.00 bits per heavy atom. The van der Waals surface area contributed by atoms with Crippen molar-refractivity contribution in [3.05, 3.63) is 66.7 Å². The van der Waals surface area contributed by atoms with Gasteiger partial charge in [-0.05, 0) is 69.0 Å². The van der Waals surface area contributed by atoms with Crippen LogP contribution in [0.25, 0.3) is 0 Å². The Morgan fingerprint density at radius 1 is 0.707 bits per heavy atom. The third-order valence-electron chi connectivity index (χ3n) is 5.51. The number of benzene rings is 2. The molecule has 2 aromatic rings. The summed E-state index contributed by atoms with van der Waals surface area (Å²) in [5.41, 5.74) is 0.318. The number of para-hydroxylation sites is 1. The molecule has 0 heterocycles. The predicted octanol–water partition coefficient (Wildman–Crippen LogP) is 5.56. The topological polar surface area (TPSA) is 98.8 Å². The maximum Gasteiger partial charge on any atom is 0.333 e. The summed E-state index contributed by atoms with van der Waals surface area (Å²) in [6.07, 6.45) is 2.51. The molecule has 0 aliphatic rings. The Bertz CT molecular complexity index is 992. The van der Waals surface area contributed by atoms with Gasteiger partial charge in [0.2, 0.25) is 0 Å². The van der Waals surface area contributed by atoms with Crippen LogP contribution in [-0.4, -0.2) is 70.9 Å². The minimum atomic E-state index is -0.568. The van der Waals surface area contributed by atoms with E-state index < -0.39 is 18.0 Å². The molecule has 0 spiro atoms. The molecular formula is C32H44O9. The Balaban J connectivity index is 1.58. The van der Waals surface area contributed by atoms with Crippen LogP contribution < -0.4 is 14.2 Å². The van der Waals surface area contributed by atoms with Gasteiger partial charge in [0.1, 0.15) is 30.5 Å². The highest BCUT2D eigenvalue weighted by Crippen LogP contribution is 2.17. The molecule has 0 saturated carbocycles. The Labute approximate surface area is 243 Å². The lowest BCUT2D eigenvalue weighted by molar-refractivity contribution is -0.155. The Kier molecular flexibility index (Phi) is 17.4. The minimum absolute atomic E-state index is 0.116. The molecule has 1 unspecified atom stereocenters. The van der Waals surface area contributed by atoms with E-state index in [2.05, 4.69) is 13.5 Å². The van der Waals surface area contributed by atoms with Crippen molar-refractivity contribution in [3.8, 4) is 17.2 Å². The number of rotatable bonds is 23. The van der Waals surface area contributed by atoms with E-state index in [0.29, 0.717) is 50.8 Å². The standard InChI is InChI=1S/C32H44O9/c1-4-18-37-28-14-16-29(17-15-28)38-23-22-35-19-8-9-20-36-24-30(25-40-27-11-6-5-7-12-27)41-31(33)13-10-21-39-32(34)26(2)3/h5-7,11-12,14-17,30H,2,4,8-10,13,18-25H2,1,3H3. The molecule has 0 aliphatic heterocycles. The minimum Gasteiger partial charge on any atom is -0.494 e. The largest absolute Gasteiger partial charge is 0.494 e. The zero-order valence-electron chi connectivity index (χ0n) is 24.3. The fraction of sp³-hybridized carbons (Fsp3) is 0.500. The number of carbonyl (C=O) groups excluding carboxylic acids is 2. The predicted molar refractivity (Wildman–Crippen MR) is 155 cm³/mol. The average Bonchev–Trinajstić information content (AvgIpc) is 2.98. The highest BCUT2D eigenvalue weighted by Gasteiger charge is 2.16. The molecule has 0 saturated heterocycles. The van der Waals surface area contributed by atoms with Crippen molar-refractivity contribution < 1.29 is 42.7 Å². The lowest BCUT2D eigenvalue weighted by atomic mass is 10.3. The van der Waals surface area contributed by atoms with E-state index in [4.69, 9.17) is 33.2 Å². The van der Waals surface area contributed by atoms with Crippen molar-refractivity contribution in [2.45, 2.75) is 52.1 Å². The number of carbonyl (C=O) groups is 2. The van der Waals surface area contributed by atoms with Crippen LogP contribution in [0.2, 0.25) is 0 Å². The van der Waals surface area contributed by atoms with E-state index in [1.807, 2.05) is 54.6 Å². The summed E-state index contributed by atoms with van der Waals surface area (Å²) < 4.78 is 39.0. The molecule has 0 amide bonds. The van der Waals surface area contributed by atoms with Gasteiger partial charge in [0, 0.05) is 25.2 Å². The average molecular weight is 573 g/mol. The summed E-state index contributed by atoms with van der Waals surface area (Å²) in [7, 11) is 0. The van der Waals surface area contributed by atoms with Crippen LogP contribution in [-0.2, 0) is 28.5 Å². The quantitative estimate of drug-likeness (QED) is 0.0963. The third-order valence-corrected chi connectivity index (χ3v) is 5.51. The van der Waals surface area contributed by atoms with Gasteiger partial charge < -0.3 is 33.2 Å². The van der Waals surface area contributed by atoms with Crippen LogP contribution >= 0.6 is 0 Å². The van der Waals surface area contributed by atoms with Crippen molar-refractivity contribution in [3.63, 3.8) is 0 Å².